The Hall–Kier alpha value is -1.61. The van der Waals surface area contributed by atoms with Gasteiger partial charge >= 0.3 is 0 Å². The molecule has 19 heavy (non-hydrogen) atoms. The molecule has 0 saturated heterocycles. The molecule has 3 rings (SSSR count). The maximum Gasteiger partial charge on any atom is 0.136 e. The lowest BCUT2D eigenvalue weighted by Crippen LogP contribution is -2.19. The SMILES string of the molecule is CCN(C)c1ncc(CNC2CC2)c2ccccc12. The molecule has 1 aromatic heterocycles. The number of aromatic nitrogens is 1. The number of hydrogen-bond acceptors (Lipinski definition) is 3. The summed E-state index contributed by atoms with van der Waals surface area (Å²) in [6.45, 7) is 4.05. The molecule has 1 aliphatic carbocycles. The lowest BCUT2D eigenvalue weighted by molar-refractivity contribution is 0.689. The van der Waals surface area contributed by atoms with E-state index in [1.54, 1.807) is 0 Å². The smallest absolute Gasteiger partial charge is 0.136 e. The van der Waals surface area contributed by atoms with E-state index in [0.717, 1.165) is 24.9 Å². The summed E-state index contributed by atoms with van der Waals surface area (Å²) in [6.07, 6.45) is 4.67. The molecule has 0 aliphatic heterocycles. The summed E-state index contributed by atoms with van der Waals surface area (Å²) in [5.74, 6) is 1.08. The van der Waals surface area contributed by atoms with Crippen molar-refractivity contribution in [3.63, 3.8) is 0 Å². The summed E-state index contributed by atoms with van der Waals surface area (Å²) in [5, 5.41) is 6.15. The zero-order valence-corrected chi connectivity index (χ0v) is 11.7. The molecule has 2 aromatic rings. The highest BCUT2D eigenvalue weighted by molar-refractivity contribution is 5.94. The molecule has 0 unspecified atom stereocenters. The highest BCUT2D eigenvalue weighted by atomic mass is 15.2. The molecule has 1 aliphatic rings. The first kappa shape index (κ1) is 12.4. The largest absolute Gasteiger partial charge is 0.359 e. The second-order valence-electron chi connectivity index (χ2n) is 5.32. The van der Waals surface area contributed by atoms with Crippen LogP contribution in [0.5, 0.6) is 0 Å². The number of benzene rings is 1. The van der Waals surface area contributed by atoms with E-state index in [-0.39, 0.29) is 0 Å². The van der Waals surface area contributed by atoms with Gasteiger partial charge in [-0.1, -0.05) is 24.3 Å². The van der Waals surface area contributed by atoms with Gasteiger partial charge in [0.1, 0.15) is 5.82 Å². The molecule has 1 saturated carbocycles. The van der Waals surface area contributed by atoms with E-state index >= 15 is 0 Å². The summed E-state index contributed by atoms with van der Waals surface area (Å²) in [7, 11) is 2.09. The van der Waals surface area contributed by atoms with Gasteiger partial charge in [0.05, 0.1) is 0 Å². The average molecular weight is 255 g/mol. The third-order valence-corrected chi connectivity index (χ3v) is 3.85. The molecular formula is C16H21N3. The van der Waals surface area contributed by atoms with Gasteiger partial charge in [0, 0.05) is 37.8 Å². The van der Waals surface area contributed by atoms with Gasteiger partial charge in [-0.2, -0.15) is 0 Å². The van der Waals surface area contributed by atoms with Crippen LogP contribution in [0.4, 0.5) is 5.82 Å². The van der Waals surface area contributed by atoms with E-state index in [4.69, 9.17) is 0 Å². The van der Waals surface area contributed by atoms with Crippen molar-refractivity contribution in [1.29, 1.82) is 0 Å². The van der Waals surface area contributed by atoms with Crippen LogP contribution in [0.1, 0.15) is 25.3 Å². The molecule has 0 atom stereocenters. The predicted molar refractivity (Wildman–Crippen MR) is 80.5 cm³/mol. The first-order valence-corrected chi connectivity index (χ1v) is 7.10. The van der Waals surface area contributed by atoms with E-state index in [2.05, 4.69) is 53.4 Å². The number of pyridine rings is 1. The molecule has 0 radical (unpaired) electrons. The van der Waals surface area contributed by atoms with Crippen LogP contribution in [0.25, 0.3) is 10.8 Å². The molecule has 0 bridgehead atoms. The minimum Gasteiger partial charge on any atom is -0.359 e. The number of fused-ring (bicyclic) bond motifs is 1. The lowest BCUT2D eigenvalue weighted by Gasteiger charge is -2.19. The fourth-order valence-electron chi connectivity index (χ4n) is 2.37. The third-order valence-electron chi connectivity index (χ3n) is 3.85. The second-order valence-corrected chi connectivity index (χ2v) is 5.32. The van der Waals surface area contributed by atoms with Gasteiger partial charge in [0.25, 0.3) is 0 Å². The normalized spacial score (nSPS) is 14.8. The molecular weight excluding hydrogens is 234 g/mol. The van der Waals surface area contributed by atoms with Crippen molar-refractivity contribution in [3.8, 4) is 0 Å². The Labute approximate surface area is 114 Å². The van der Waals surface area contributed by atoms with Gasteiger partial charge in [-0.15, -0.1) is 0 Å². The van der Waals surface area contributed by atoms with Crippen LogP contribution in [-0.2, 0) is 6.54 Å². The van der Waals surface area contributed by atoms with Gasteiger partial charge in [-0.25, -0.2) is 4.98 Å². The number of rotatable bonds is 5. The first-order chi connectivity index (χ1) is 9.29. The van der Waals surface area contributed by atoms with Crippen LogP contribution in [0, 0.1) is 0 Å². The molecule has 1 N–H and O–H groups in total. The molecule has 3 nitrogen and oxygen atoms in total. The summed E-state index contributed by atoms with van der Waals surface area (Å²) >= 11 is 0. The number of nitrogens with zero attached hydrogens (tertiary/aromatic N) is 2. The fraction of sp³-hybridized carbons (Fsp3) is 0.438. The third kappa shape index (κ3) is 2.56. The highest BCUT2D eigenvalue weighted by Crippen LogP contribution is 2.27. The van der Waals surface area contributed by atoms with Gasteiger partial charge in [-0.3, -0.25) is 0 Å². The zero-order chi connectivity index (χ0) is 13.2. The maximum absolute atomic E-state index is 4.66. The fourth-order valence-corrected chi connectivity index (χ4v) is 2.37. The minimum absolute atomic E-state index is 0.733. The van der Waals surface area contributed by atoms with Gasteiger partial charge in [0.2, 0.25) is 0 Å². The Morgan fingerprint density at radius 2 is 2.00 bits per heavy atom. The molecule has 1 heterocycles. The van der Waals surface area contributed by atoms with E-state index in [0.29, 0.717) is 0 Å². The standard InChI is InChI=1S/C16H21N3/c1-3-19(2)16-15-7-5-4-6-14(15)12(11-18-16)10-17-13-8-9-13/h4-7,11,13,17H,3,8-10H2,1-2H3. The van der Waals surface area contributed by atoms with E-state index in [1.807, 2.05) is 6.20 Å². The molecule has 0 spiro atoms. The van der Waals surface area contributed by atoms with Crippen LogP contribution >= 0.6 is 0 Å². The Morgan fingerprint density at radius 1 is 1.26 bits per heavy atom. The van der Waals surface area contributed by atoms with Crippen molar-refractivity contribution in [2.75, 3.05) is 18.5 Å². The zero-order valence-electron chi connectivity index (χ0n) is 11.7. The van der Waals surface area contributed by atoms with Crippen molar-refractivity contribution in [2.24, 2.45) is 0 Å². The topological polar surface area (TPSA) is 28.2 Å². The number of anilines is 1. The van der Waals surface area contributed by atoms with Crippen LogP contribution in [-0.4, -0.2) is 24.6 Å². The van der Waals surface area contributed by atoms with Gasteiger partial charge in [-0.05, 0) is 30.7 Å². The van der Waals surface area contributed by atoms with Crippen molar-refractivity contribution >= 4 is 16.6 Å². The Balaban J connectivity index is 1.99. The van der Waals surface area contributed by atoms with Crippen molar-refractivity contribution in [2.45, 2.75) is 32.4 Å². The van der Waals surface area contributed by atoms with Crippen molar-refractivity contribution in [1.82, 2.24) is 10.3 Å². The van der Waals surface area contributed by atoms with Crippen LogP contribution < -0.4 is 10.2 Å². The quantitative estimate of drug-likeness (QED) is 0.890. The van der Waals surface area contributed by atoms with Crippen molar-refractivity contribution < 1.29 is 0 Å². The van der Waals surface area contributed by atoms with Crippen molar-refractivity contribution in [3.05, 3.63) is 36.0 Å². The van der Waals surface area contributed by atoms with Crippen LogP contribution in [0.15, 0.2) is 30.5 Å². The monoisotopic (exact) mass is 255 g/mol. The Kier molecular flexibility index (Phi) is 3.38. The molecule has 3 heteroatoms. The van der Waals surface area contributed by atoms with E-state index in [1.165, 1.54) is 29.2 Å². The predicted octanol–water partition coefficient (Wildman–Crippen LogP) is 2.94. The van der Waals surface area contributed by atoms with Crippen LogP contribution in [0.3, 0.4) is 0 Å². The van der Waals surface area contributed by atoms with E-state index < -0.39 is 0 Å². The number of nitrogens with one attached hydrogen (secondary N) is 1. The summed E-state index contributed by atoms with van der Waals surface area (Å²) in [4.78, 5) is 6.86. The Bertz CT molecular complexity index is 575. The van der Waals surface area contributed by atoms with E-state index in [9.17, 15) is 0 Å². The minimum atomic E-state index is 0.733. The molecule has 1 aromatic carbocycles. The summed E-state index contributed by atoms with van der Waals surface area (Å²) < 4.78 is 0. The Morgan fingerprint density at radius 3 is 2.68 bits per heavy atom. The average Bonchev–Trinajstić information content (AvgIpc) is 3.28. The first-order valence-electron chi connectivity index (χ1n) is 7.10. The molecule has 1 fully saturated rings. The highest BCUT2D eigenvalue weighted by Gasteiger charge is 2.20. The van der Waals surface area contributed by atoms with Gasteiger partial charge in [0.15, 0.2) is 0 Å². The second kappa shape index (κ2) is 5.17. The maximum atomic E-state index is 4.66. The van der Waals surface area contributed by atoms with Crippen LogP contribution in [0.2, 0.25) is 0 Å². The lowest BCUT2D eigenvalue weighted by atomic mass is 10.1. The van der Waals surface area contributed by atoms with Gasteiger partial charge < -0.3 is 10.2 Å². The summed E-state index contributed by atoms with van der Waals surface area (Å²) in [5.41, 5.74) is 1.30. The molecule has 0 amide bonds. The molecule has 100 valence electrons. The number of hydrogen-bond donors (Lipinski definition) is 1. The summed E-state index contributed by atoms with van der Waals surface area (Å²) in [6, 6.07) is 9.31.